The van der Waals surface area contributed by atoms with E-state index in [9.17, 15) is 0 Å². The molecule has 1 aromatic carbocycles. The van der Waals surface area contributed by atoms with Crippen molar-refractivity contribution in [2.75, 3.05) is 33.8 Å². The molecule has 0 spiro atoms. The van der Waals surface area contributed by atoms with Crippen LogP contribution in [0.25, 0.3) is 10.9 Å². The lowest BCUT2D eigenvalue weighted by Gasteiger charge is -2.30. The Kier molecular flexibility index (Phi) is 3.21. The number of piperazine rings is 1. The Morgan fingerprint density at radius 1 is 1.32 bits per heavy atom. The fourth-order valence-corrected chi connectivity index (χ4v) is 3.01. The van der Waals surface area contributed by atoms with Crippen molar-refractivity contribution in [3.63, 3.8) is 0 Å². The van der Waals surface area contributed by atoms with Crippen molar-refractivity contribution in [2.24, 2.45) is 7.05 Å². The van der Waals surface area contributed by atoms with Crippen LogP contribution in [0.1, 0.15) is 11.6 Å². The van der Waals surface area contributed by atoms with E-state index in [-0.39, 0.29) is 0 Å². The zero-order valence-corrected chi connectivity index (χ0v) is 11.8. The predicted molar refractivity (Wildman–Crippen MR) is 77.7 cm³/mol. The summed E-state index contributed by atoms with van der Waals surface area (Å²) in [5.41, 5.74) is 2.54. The van der Waals surface area contributed by atoms with E-state index in [0.29, 0.717) is 6.04 Å². The molecule has 2 aromatic rings. The van der Waals surface area contributed by atoms with E-state index >= 15 is 0 Å². The lowest BCUT2D eigenvalue weighted by Crippen LogP contribution is -2.43. The van der Waals surface area contributed by atoms with Gasteiger partial charge in [0.15, 0.2) is 0 Å². The lowest BCUT2D eigenvalue weighted by atomic mass is 10.0. The van der Waals surface area contributed by atoms with Gasteiger partial charge in [0.1, 0.15) is 5.75 Å². The second-order valence-electron chi connectivity index (χ2n) is 5.32. The van der Waals surface area contributed by atoms with E-state index in [2.05, 4.69) is 47.2 Å². The summed E-state index contributed by atoms with van der Waals surface area (Å²) in [4.78, 5) is 2.38. The number of ether oxygens (including phenoxy) is 1. The molecule has 1 aromatic heterocycles. The van der Waals surface area contributed by atoms with Crippen molar-refractivity contribution in [3.8, 4) is 5.75 Å². The van der Waals surface area contributed by atoms with Crippen LogP contribution in [-0.2, 0) is 7.05 Å². The number of para-hydroxylation sites is 1. The van der Waals surface area contributed by atoms with E-state index in [1.165, 1.54) is 16.5 Å². The summed E-state index contributed by atoms with van der Waals surface area (Å²) in [6, 6.07) is 6.67. The third kappa shape index (κ3) is 2.11. The van der Waals surface area contributed by atoms with Gasteiger partial charge in [-0.05, 0) is 18.7 Å². The number of hydrogen-bond donors (Lipinski definition) is 1. The van der Waals surface area contributed by atoms with E-state index in [1.54, 1.807) is 7.11 Å². The van der Waals surface area contributed by atoms with Gasteiger partial charge in [-0.2, -0.15) is 0 Å². The molecule has 1 aliphatic rings. The van der Waals surface area contributed by atoms with E-state index < -0.39 is 0 Å². The molecule has 0 saturated carbocycles. The van der Waals surface area contributed by atoms with Gasteiger partial charge >= 0.3 is 0 Å². The maximum Gasteiger partial charge on any atom is 0.143 e. The standard InChI is InChI=1S/C15H21N3O/c1-17-8-7-16-13(10-17)12-9-18(2)15-11(12)5-4-6-14(15)19-3/h4-6,9,13,16H,7-8,10H2,1-3H3. The average molecular weight is 259 g/mol. The molecular formula is C15H21N3O. The van der Waals surface area contributed by atoms with Crippen LogP contribution in [0.4, 0.5) is 0 Å². The summed E-state index contributed by atoms with van der Waals surface area (Å²) in [7, 11) is 5.99. The molecule has 0 amide bonds. The first-order valence-electron chi connectivity index (χ1n) is 6.74. The molecule has 2 heterocycles. The second-order valence-corrected chi connectivity index (χ2v) is 5.32. The van der Waals surface area contributed by atoms with E-state index in [4.69, 9.17) is 4.74 Å². The molecule has 0 aliphatic carbocycles. The molecule has 102 valence electrons. The number of likely N-dealkylation sites (N-methyl/N-ethyl adjacent to an activating group) is 1. The Morgan fingerprint density at radius 2 is 2.16 bits per heavy atom. The average Bonchev–Trinajstić information content (AvgIpc) is 2.76. The van der Waals surface area contributed by atoms with Crippen LogP contribution in [-0.4, -0.2) is 43.3 Å². The van der Waals surface area contributed by atoms with Gasteiger partial charge in [0.2, 0.25) is 0 Å². The highest BCUT2D eigenvalue weighted by molar-refractivity contribution is 5.89. The molecule has 0 bridgehead atoms. The van der Waals surface area contributed by atoms with E-state index in [0.717, 1.165) is 25.4 Å². The number of aromatic nitrogens is 1. The Balaban J connectivity index is 2.09. The van der Waals surface area contributed by atoms with Gasteiger partial charge in [-0.25, -0.2) is 0 Å². The number of rotatable bonds is 2. The molecule has 19 heavy (non-hydrogen) atoms. The van der Waals surface area contributed by atoms with Crippen molar-refractivity contribution < 1.29 is 4.74 Å². The number of hydrogen-bond acceptors (Lipinski definition) is 3. The molecule has 4 heteroatoms. The van der Waals surface area contributed by atoms with Gasteiger partial charge < -0.3 is 19.5 Å². The summed E-state index contributed by atoms with van der Waals surface area (Å²) in [5.74, 6) is 0.940. The molecule has 3 rings (SSSR count). The fourth-order valence-electron chi connectivity index (χ4n) is 3.01. The normalized spacial score (nSPS) is 20.9. The SMILES string of the molecule is COc1cccc2c(C3CN(C)CCN3)cn(C)c12. The van der Waals surface area contributed by atoms with Crippen molar-refractivity contribution >= 4 is 10.9 Å². The van der Waals surface area contributed by atoms with E-state index in [1.807, 2.05) is 6.07 Å². The summed E-state index contributed by atoms with van der Waals surface area (Å²) in [6.45, 7) is 3.21. The van der Waals surface area contributed by atoms with Crippen LogP contribution < -0.4 is 10.1 Å². The smallest absolute Gasteiger partial charge is 0.143 e. The summed E-state index contributed by atoms with van der Waals surface area (Å²) >= 11 is 0. The first-order valence-corrected chi connectivity index (χ1v) is 6.74. The van der Waals surface area contributed by atoms with Crippen LogP contribution in [0.5, 0.6) is 5.75 Å². The highest BCUT2D eigenvalue weighted by atomic mass is 16.5. The number of nitrogens with one attached hydrogen (secondary N) is 1. The molecule has 1 aliphatic heterocycles. The summed E-state index contributed by atoms with van der Waals surface area (Å²) < 4.78 is 7.64. The predicted octanol–water partition coefficient (Wildman–Crippen LogP) is 1.76. The van der Waals surface area contributed by atoms with Crippen molar-refractivity contribution in [3.05, 3.63) is 30.0 Å². The third-order valence-electron chi connectivity index (χ3n) is 3.97. The van der Waals surface area contributed by atoms with Crippen LogP contribution in [0, 0.1) is 0 Å². The minimum absolute atomic E-state index is 0.398. The zero-order valence-electron chi connectivity index (χ0n) is 11.8. The molecule has 0 radical (unpaired) electrons. The number of methoxy groups -OCH3 is 1. The monoisotopic (exact) mass is 259 g/mol. The Bertz CT molecular complexity index is 590. The molecule has 4 nitrogen and oxygen atoms in total. The number of nitrogens with zero attached hydrogens (tertiary/aromatic N) is 2. The Labute approximate surface area is 114 Å². The van der Waals surface area contributed by atoms with Gasteiger partial charge in [0, 0.05) is 44.3 Å². The van der Waals surface area contributed by atoms with Crippen LogP contribution >= 0.6 is 0 Å². The van der Waals surface area contributed by atoms with Gasteiger partial charge in [-0.15, -0.1) is 0 Å². The topological polar surface area (TPSA) is 29.4 Å². The van der Waals surface area contributed by atoms with Crippen LogP contribution in [0.15, 0.2) is 24.4 Å². The highest BCUT2D eigenvalue weighted by Gasteiger charge is 2.22. The minimum atomic E-state index is 0.398. The highest BCUT2D eigenvalue weighted by Crippen LogP contribution is 2.32. The van der Waals surface area contributed by atoms with Crippen LogP contribution in [0.3, 0.4) is 0 Å². The number of fused-ring (bicyclic) bond motifs is 1. The first-order chi connectivity index (χ1) is 9.20. The van der Waals surface area contributed by atoms with Gasteiger partial charge in [-0.1, -0.05) is 12.1 Å². The van der Waals surface area contributed by atoms with Gasteiger partial charge in [0.25, 0.3) is 0 Å². The summed E-state index contributed by atoms with van der Waals surface area (Å²) in [6.07, 6.45) is 2.23. The van der Waals surface area contributed by atoms with Gasteiger partial charge in [-0.3, -0.25) is 0 Å². The van der Waals surface area contributed by atoms with Crippen molar-refractivity contribution in [2.45, 2.75) is 6.04 Å². The van der Waals surface area contributed by atoms with Crippen LogP contribution in [0.2, 0.25) is 0 Å². The third-order valence-corrected chi connectivity index (χ3v) is 3.97. The number of aryl methyl sites for hydroxylation is 1. The number of benzene rings is 1. The molecule has 1 fully saturated rings. The molecule has 1 saturated heterocycles. The Morgan fingerprint density at radius 3 is 2.89 bits per heavy atom. The fraction of sp³-hybridized carbons (Fsp3) is 0.467. The molecule has 1 N–H and O–H groups in total. The first kappa shape index (κ1) is 12.5. The minimum Gasteiger partial charge on any atom is -0.495 e. The lowest BCUT2D eigenvalue weighted by molar-refractivity contribution is 0.241. The Hall–Kier alpha value is -1.52. The largest absolute Gasteiger partial charge is 0.495 e. The van der Waals surface area contributed by atoms with Gasteiger partial charge in [0.05, 0.1) is 12.6 Å². The second kappa shape index (κ2) is 4.87. The molecular weight excluding hydrogens is 238 g/mol. The van der Waals surface area contributed by atoms with Crippen molar-refractivity contribution in [1.29, 1.82) is 0 Å². The zero-order chi connectivity index (χ0) is 13.4. The maximum atomic E-state index is 5.48. The molecule has 1 unspecified atom stereocenters. The quantitative estimate of drug-likeness (QED) is 0.891. The van der Waals surface area contributed by atoms with Crippen molar-refractivity contribution in [1.82, 2.24) is 14.8 Å². The maximum absolute atomic E-state index is 5.48. The molecule has 1 atom stereocenters. The summed E-state index contributed by atoms with van der Waals surface area (Å²) in [5, 5.41) is 4.90.